The van der Waals surface area contributed by atoms with E-state index in [-0.39, 0.29) is 18.5 Å². The third kappa shape index (κ3) is 5.77. The maximum atomic E-state index is 12.7. The summed E-state index contributed by atoms with van der Waals surface area (Å²) < 4.78 is 38.1. The molecule has 0 aliphatic heterocycles. The monoisotopic (exact) mass is 384 g/mol. The van der Waals surface area contributed by atoms with E-state index in [2.05, 4.69) is 5.32 Å². The highest BCUT2D eigenvalue weighted by molar-refractivity contribution is 6.30. The topological polar surface area (TPSA) is 49.4 Å². The minimum Gasteiger partial charge on any atom is -0.336 e. The van der Waals surface area contributed by atoms with Gasteiger partial charge in [-0.1, -0.05) is 29.8 Å². The fraction of sp³-hybridized carbons (Fsp3) is 0.222. The van der Waals surface area contributed by atoms with E-state index in [1.165, 1.54) is 19.2 Å². The van der Waals surface area contributed by atoms with E-state index < -0.39 is 23.6 Å². The molecule has 0 unspecified atom stereocenters. The minimum atomic E-state index is -4.47. The first-order valence-electron chi connectivity index (χ1n) is 7.60. The number of amides is 2. The quantitative estimate of drug-likeness (QED) is 0.847. The van der Waals surface area contributed by atoms with Crippen LogP contribution < -0.4 is 5.32 Å². The van der Waals surface area contributed by atoms with Gasteiger partial charge in [-0.05, 0) is 35.9 Å². The first-order chi connectivity index (χ1) is 12.1. The predicted molar refractivity (Wildman–Crippen MR) is 92.9 cm³/mol. The maximum absolute atomic E-state index is 12.7. The molecule has 0 saturated carbocycles. The minimum absolute atomic E-state index is 0.222. The van der Waals surface area contributed by atoms with Crippen molar-refractivity contribution in [3.05, 3.63) is 64.7 Å². The third-order valence-corrected chi connectivity index (χ3v) is 3.80. The van der Waals surface area contributed by atoms with Crippen LogP contribution in [0.4, 0.5) is 18.9 Å². The number of hydrogen-bond acceptors (Lipinski definition) is 2. The first kappa shape index (κ1) is 19.8. The molecule has 0 atom stereocenters. The predicted octanol–water partition coefficient (Wildman–Crippen LogP) is 4.00. The number of likely N-dealkylation sites (N-methyl/N-ethyl adjacent to an activating group) is 1. The number of carbonyl (C=O) groups excluding carboxylic acids is 2. The van der Waals surface area contributed by atoms with Crippen molar-refractivity contribution >= 4 is 29.1 Å². The number of carbonyl (C=O) groups is 2. The van der Waals surface area contributed by atoms with Crippen molar-refractivity contribution < 1.29 is 22.8 Å². The molecule has 2 amide bonds. The summed E-state index contributed by atoms with van der Waals surface area (Å²) in [7, 11) is 1.41. The van der Waals surface area contributed by atoms with Gasteiger partial charge in [0.1, 0.15) is 0 Å². The van der Waals surface area contributed by atoms with Gasteiger partial charge >= 0.3 is 6.18 Å². The fourth-order valence-corrected chi connectivity index (χ4v) is 2.33. The Bertz CT molecular complexity index is 792. The Morgan fingerprint density at radius 2 is 1.77 bits per heavy atom. The molecule has 0 radical (unpaired) electrons. The molecule has 2 aromatic carbocycles. The van der Waals surface area contributed by atoms with Gasteiger partial charge in [0.25, 0.3) is 0 Å². The summed E-state index contributed by atoms with van der Waals surface area (Å²) in [5.74, 6) is -0.886. The fourth-order valence-electron chi connectivity index (χ4n) is 2.20. The lowest BCUT2D eigenvalue weighted by molar-refractivity contribution is -0.137. The molecule has 0 spiro atoms. The largest absolute Gasteiger partial charge is 0.416 e. The summed E-state index contributed by atoms with van der Waals surface area (Å²) in [5.41, 5.74) is -0.0566. The number of benzene rings is 2. The summed E-state index contributed by atoms with van der Waals surface area (Å²) in [5, 5.41) is 3.13. The highest BCUT2D eigenvalue weighted by Gasteiger charge is 2.30. The molecular formula is C18H16ClF3N2O2. The number of nitrogens with one attached hydrogen (secondary N) is 1. The zero-order valence-corrected chi connectivity index (χ0v) is 14.6. The number of hydrogen-bond donors (Lipinski definition) is 1. The molecule has 2 aromatic rings. The van der Waals surface area contributed by atoms with Crippen molar-refractivity contribution in [1.82, 2.24) is 4.90 Å². The summed E-state index contributed by atoms with van der Waals surface area (Å²) in [6, 6.07) is 11.0. The smallest absolute Gasteiger partial charge is 0.336 e. The van der Waals surface area contributed by atoms with E-state index in [4.69, 9.17) is 11.6 Å². The summed E-state index contributed by atoms with van der Waals surface area (Å²) in [4.78, 5) is 25.3. The van der Waals surface area contributed by atoms with Crippen LogP contribution in [0.3, 0.4) is 0 Å². The summed E-state index contributed by atoms with van der Waals surface area (Å²) in [6.45, 7) is -0.222. The first-order valence-corrected chi connectivity index (χ1v) is 7.98. The highest BCUT2D eigenvalue weighted by atomic mass is 35.5. The maximum Gasteiger partial charge on any atom is 0.416 e. The van der Waals surface area contributed by atoms with Crippen molar-refractivity contribution in [2.75, 3.05) is 18.9 Å². The second kappa shape index (κ2) is 8.23. The Morgan fingerprint density at radius 1 is 1.12 bits per heavy atom. The van der Waals surface area contributed by atoms with Gasteiger partial charge in [0, 0.05) is 17.8 Å². The van der Waals surface area contributed by atoms with Crippen LogP contribution in [-0.2, 0) is 22.2 Å². The number of halogens is 4. The SMILES string of the molecule is CN(CC(=O)Nc1ccc(Cl)cc1)C(=O)Cc1cccc(C(F)(F)F)c1. The van der Waals surface area contributed by atoms with Gasteiger partial charge in [-0.25, -0.2) is 0 Å². The second-order valence-electron chi connectivity index (χ2n) is 5.68. The van der Waals surface area contributed by atoms with Crippen molar-refractivity contribution in [1.29, 1.82) is 0 Å². The average Bonchev–Trinajstić information content (AvgIpc) is 2.56. The average molecular weight is 385 g/mol. The van der Waals surface area contributed by atoms with Crippen LogP contribution in [0.5, 0.6) is 0 Å². The molecule has 0 saturated heterocycles. The molecule has 0 heterocycles. The number of nitrogens with zero attached hydrogens (tertiary/aromatic N) is 1. The van der Waals surface area contributed by atoms with Gasteiger partial charge in [-0.15, -0.1) is 0 Å². The summed E-state index contributed by atoms with van der Waals surface area (Å²) in [6.07, 6.45) is -4.70. The van der Waals surface area contributed by atoms with Gasteiger partial charge in [-0.3, -0.25) is 9.59 Å². The lowest BCUT2D eigenvalue weighted by atomic mass is 10.1. The van der Waals surface area contributed by atoms with Gasteiger partial charge in [0.15, 0.2) is 0 Å². The Kier molecular flexibility index (Phi) is 6.26. The Hall–Kier alpha value is -2.54. The van der Waals surface area contributed by atoms with Crippen LogP contribution in [0.15, 0.2) is 48.5 Å². The molecule has 0 aromatic heterocycles. The third-order valence-electron chi connectivity index (χ3n) is 3.54. The molecule has 0 aliphatic rings. The van der Waals surface area contributed by atoms with Crippen LogP contribution in [-0.4, -0.2) is 30.3 Å². The molecule has 2 rings (SSSR count). The van der Waals surface area contributed by atoms with Crippen molar-refractivity contribution in [2.45, 2.75) is 12.6 Å². The molecule has 1 N–H and O–H groups in total. The molecule has 26 heavy (non-hydrogen) atoms. The molecule has 4 nitrogen and oxygen atoms in total. The molecular weight excluding hydrogens is 369 g/mol. The van der Waals surface area contributed by atoms with Crippen molar-refractivity contribution in [3.8, 4) is 0 Å². The van der Waals surface area contributed by atoms with Crippen LogP contribution in [0.25, 0.3) is 0 Å². The van der Waals surface area contributed by atoms with E-state index >= 15 is 0 Å². The Balaban J connectivity index is 1.93. The van der Waals surface area contributed by atoms with E-state index in [1.54, 1.807) is 24.3 Å². The van der Waals surface area contributed by atoms with Crippen LogP contribution in [0.2, 0.25) is 5.02 Å². The zero-order valence-electron chi connectivity index (χ0n) is 13.8. The summed E-state index contributed by atoms with van der Waals surface area (Å²) >= 11 is 5.75. The van der Waals surface area contributed by atoms with E-state index in [9.17, 15) is 22.8 Å². The van der Waals surface area contributed by atoms with Crippen molar-refractivity contribution in [2.24, 2.45) is 0 Å². The van der Waals surface area contributed by atoms with Gasteiger partial charge in [0.2, 0.25) is 11.8 Å². The molecule has 8 heteroatoms. The highest BCUT2D eigenvalue weighted by Crippen LogP contribution is 2.29. The van der Waals surface area contributed by atoms with Crippen LogP contribution >= 0.6 is 11.6 Å². The standard InChI is InChI=1S/C18H16ClF3N2O2/c1-24(11-16(25)23-15-7-5-14(19)6-8-15)17(26)10-12-3-2-4-13(9-12)18(20,21)22/h2-9H,10-11H2,1H3,(H,23,25). The van der Waals surface area contributed by atoms with Gasteiger partial charge < -0.3 is 10.2 Å². The molecule has 0 aliphatic carbocycles. The normalized spacial score (nSPS) is 11.1. The number of anilines is 1. The van der Waals surface area contributed by atoms with Gasteiger partial charge in [-0.2, -0.15) is 13.2 Å². The Labute approximate surface area is 153 Å². The van der Waals surface area contributed by atoms with Gasteiger partial charge in [0.05, 0.1) is 18.5 Å². The molecule has 138 valence electrons. The Morgan fingerprint density at radius 3 is 2.38 bits per heavy atom. The van der Waals surface area contributed by atoms with Crippen LogP contribution in [0, 0.1) is 0 Å². The zero-order chi connectivity index (χ0) is 19.3. The second-order valence-corrected chi connectivity index (χ2v) is 6.12. The number of alkyl halides is 3. The number of rotatable bonds is 5. The lowest BCUT2D eigenvalue weighted by Crippen LogP contribution is -2.35. The van der Waals surface area contributed by atoms with Crippen LogP contribution in [0.1, 0.15) is 11.1 Å². The lowest BCUT2D eigenvalue weighted by Gasteiger charge is -2.17. The molecule has 0 fully saturated rings. The van der Waals surface area contributed by atoms with E-state index in [0.717, 1.165) is 17.0 Å². The van der Waals surface area contributed by atoms with E-state index in [1.807, 2.05) is 0 Å². The van der Waals surface area contributed by atoms with Crippen molar-refractivity contribution in [3.63, 3.8) is 0 Å². The van der Waals surface area contributed by atoms with E-state index in [0.29, 0.717) is 10.7 Å². The molecule has 0 bridgehead atoms.